The van der Waals surface area contributed by atoms with Crippen molar-refractivity contribution in [2.24, 2.45) is 5.41 Å². The fourth-order valence-electron chi connectivity index (χ4n) is 2.30. The summed E-state index contributed by atoms with van der Waals surface area (Å²) in [5, 5.41) is 0. The molecule has 0 amide bonds. The Kier molecular flexibility index (Phi) is 4.30. The summed E-state index contributed by atoms with van der Waals surface area (Å²) in [6.07, 6.45) is 9.42. The molecule has 0 atom stereocenters. The molecule has 1 aliphatic carbocycles. The van der Waals surface area contributed by atoms with Crippen LogP contribution in [0.15, 0.2) is 0 Å². The molecule has 1 aliphatic rings. The summed E-state index contributed by atoms with van der Waals surface area (Å²) in [6, 6.07) is 0. The molecule has 0 unspecified atom stereocenters. The number of ketones is 1. The Labute approximate surface area is 86.1 Å². The van der Waals surface area contributed by atoms with E-state index >= 15 is 0 Å². The average Bonchev–Trinajstić information content (AvgIpc) is 2.08. The Balaban J connectivity index is 2.26. The maximum absolute atomic E-state index is 10.9. The Hall–Kier alpha value is -0.660. The zero-order valence-corrected chi connectivity index (χ0v) is 9.05. The summed E-state index contributed by atoms with van der Waals surface area (Å²) in [5.41, 5.74) is 0.425. The van der Waals surface area contributed by atoms with Crippen LogP contribution in [0.4, 0.5) is 0 Å². The third-order valence-corrected chi connectivity index (χ3v) is 3.45. The van der Waals surface area contributed by atoms with E-state index in [1.165, 1.54) is 19.3 Å². The molecule has 0 aromatic rings. The van der Waals surface area contributed by atoms with Crippen LogP contribution < -0.4 is 0 Å². The van der Waals surface area contributed by atoms with E-state index in [9.17, 15) is 9.59 Å². The predicted octanol–water partition coefficient (Wildman–Crippen LogP) is 2.90. The molecule has 14 heavy (non-hydrogen) atoms. The predicted molar refractivity (Wildman–Crippen MR) is 56.1 cm³/mol. The summed E-state index contributed by atoms with van der Waals surface area (Å²) < 4.78 is 0. The van der Waals surface area contributed by atoms with Crippen LogP contribution in [0.2, 0.25) is 0 Å². The van der Waals surface area contributed by atoms with Gasteiger partial charge >= 0.3 is 0 Å². The highest BCUT2D eigenvalue weighted by Gasteiger charge is 2.35. The number of Topliss-reactive ketones (excluding diaryl/α,β-unsaturated/α-hetero) is 1. The molecule has 1 saturated carbocycles. The van der Waals surface area contributed by atoms with Crippen molar-refractivity contribution in [2.45, 2.75) is 58.3 Å². The van der Waals surface area contributed by atoms with Crippen molar-refractivity contribution in [1.29, 1.82) is 0 Å². The molecule has 0 saturated heterocycles. The van der Waals surface area contributed by atoms with Crippen LogP contribution in [0.1, 0.15) is 58.3 Å². The summed E-state index contributed by atoms with van der Waals surface area (Å²) >= 11 is 0. The van der Waals surface area contributed by atoms with E-state index in [1.807, 2.05) is 0 Å². The van der Waals surface area contributed by atoms with Crippen LogP contribution >= 0.6 is 0 Å². The van der Waals surface area contributed by atoms with Gasteiger partial charge in [0.15, 0.2) is 0 Å². The number of unbranched alkanes of at least 4 members (excludes halogenated alkanes) is 1. The highest BCUT2D eigenvalue weighted by Crippen LogP contribution is 2.48. The summed E-state index contributed by atoms with van der Waals surface area (Å²) in [4.78, 5) is 21.1. The second-order valence-electron chi connectivity index (χ2n) is 4.61. The monoisotopic (exact) mass is 196 g/mol. The van der Waals surface area contributed by atoms with Gasteiger partial charge in [0.1, 0.15) is 12.1 Å². The highest BCUT2D eigenvalue weighted by molar-refractivity contribution is 5.75. The van der Waals surface area contributed by atoms with Gasteiger partial charge in [0.2, 0.25) is 0 Å². The van der Waals surface area contributed by atoms with Crippen molar-refractivity contribution >= 4 is 12.1 Å². The van der Waals surface area contributed by atoms with Crippen molar-refractivity contribution in [1.82, 2.24) is 0 Å². The largest absolute Gasteiger partial charge is 0.303 e. The van der Waals surface area contributed by atoms with Gasteiger partial charge in [-0.1, -0.05) is 6.42 Å². The van der Waals surface area contributed by atoms with Crippen LogP contribution in [-0.2, 0) is 9.59 Å². The van der Waals surface area contributed by atoms with E-state index in [1.54, 1.807) is 6.92 Å². The standard InChI is InChI=1S/C12H20O2/c1-11(14)5-9-12(7-4-8-12)6-2-3-10-13/h10H,2-9H2,1H3. The van der Waals surface area contributed by atoms with Gasteiger partial charge in [-0.3, -0.25) is 0 Å². The molecular formula is C12H20O2. The van der Waals surface area contributed by atoms with E-state index in [0.717, 1.165) is 32.0 Å². The minimum Gasteiger partial charge on any atom is -0.303 e. The van der Waals surface area contributed by atoms with Gasteiger partial charge in [-0.05, 0) is 44.4 Å². The minimum atomic E-state index is 0.298. The first-order valence-corrected chi connectivity index (χ1v) is 5.62. The van der Waals surface area contributed by atoms with Crippen LogP contribution in [-0.4, -0.2) is 12.1 Å². The number of rotatable bonds is 7. The molecule has 0 bridgehead atoms. The smallest absolute Gasteiger partial charge is 0.129 e. The van der Waals surface area contributed by atoms with Gasteiger partial charge in [0, 0.05) is 12.8 Å². The summed E-state index contributed by atoms with van der Waals surface area (Å²) in [7, 11) is 0. The fourth-order valence-corrected chi connectivity index (χ4v) is 2.30. The number of hydrogen-bond acceptors (Lipinski definition) is 2. The van der Waals surface area contributed by atoms with Gasteiger partial charge in [-0.25, -0.2) is 0 Å². The zero-order chi connectivity index (χ0) is 10.4. The van der Waals surface area contributed by atoms with Crippen LogP contribution in [0.3, 0.4) is 0 Å². The maximum Gasteiger partial charge on any atom is 0.129 e. The van der Waals surface area contributed by atoms with Crippen LogP contribution in [0.25, 0.3) is 0 Å². The normalized spacial score (nSPS) is 18.6. The van der Waals surface area contributed by atoms with E-state index in [0.29, 0.717) is 17.6 Å². The Morgan fingerprint density at radius 1 is 1.36 bits per heavy atom. The van der Waals surface area contributed by atoms with Gasteiger partial charge in [-0.2, -0.15) is 0 Å². The lowest BCUT2D eigenvalue weighted by Crippen LogP contribution is -2.29. The number of hydrogen-bond donors (Lipinski definition) is 0. The number of carbonyl (C=O) groups excluding carboxylic acids is 2. The van der Waals surface area contributed by atoms with Crippen molar-refractivity contribution < 1.29 is 9.59 Å². The summed E-state index contributed by atoms with van der Waals surface area (Å²) in [5.74, 6) is 0.298. The van der Waals surface area contributed by atoms with E-state index < -0.39 is 0 Å². The molecule has 0 radical (unpaired) electrons. The topological polar surface area (TPSA) is 34.1 Å². The first-order valence-electron chi connectivity index (χ1n) is 5.62. The van der Waals surface area contributed by atoms with Crippen molar-refractivity contribution in [3.8, 4) is 0 Å². The zero-order valence-electron chi connectivity index (χ0n) is 9.05. The SMILES string of the molecule is CC(=O)CCC1(CCCC=O)CCC1. The van der Waals surface area contributed by atoms with Gasteiger partial charge in [-0.15, -0.1) is 0 Å². The Morgan fingerprint density at radius 3 is 2.50 bits per heavy atom. The lowest BCUT2D eigenvalue weighted by Gasteiger charge is -2.42. The quantitative estimate of drug-likeness (QED) is 0.463. The Morgan fingerprint density at radius 2 is 2.07 bits per heavy atom. The lowest BCUT2D eigenvalue weighted by atomic mass is 9.63. The molecule has 2 heteroatoms. The molecule has 0 spiro atoms. The third kappa shape index (κ3) is 3.24. The first kappa shape index (κ1) is 11.4. The highest BCUT2D eigenvalue weighted by atomic mass is 16.1. The molecule has 1 fully saturated rings. The Bertz CT molecular complexity index is 204. The van der Waals surface area contributed by atoms with Crippen molar-refractivity contribution in [3.63, 3.8) is 0 Å². The third-order valence-electron chi connectivity index (χ3n) is 3.45. The van der Waals surface area contributed by atoms with E-state index in [-0.39, 0.29) is 0 Å². The van der Waals surface area contributed by atoms with Crippen LogP contribution in [0.5, 0.6) is 0 Å². The van der Waals surface area contributed by atoms with Crippen LogP contribution in [0, 0.1) is 5.41 Å². The van der Waals surface area contributed by atoms with Gasteiger partial charge in [0.25, 0.3) is 0 Å². The molecule has 1 rings (SSSR count). The minimum absolute atomic E-state index is 0.298. The van der Waals surface area contributed by atoms with Crippen molar-refractivity contribution in [3.05, 3.63) is 0 Å². The molecule has 0 heterocycles. The molecule has 0 aromatic heterocycles. The molecule has 80 valence electrons. The van der Waals surface area contributed by atoms with E-state index in [2.05, 4.69) is 0 Å². The maximum atomic E-state index is 10.9. The lowest BCUT2D eigenvalue weighted by molar-refractivity contribution is -0.118. The second kappa shape index (κ2) is 5.28. The molecule has 2 nitrogen and oxygen atoms in total. The first-order chi connectivity index (χ1) is 6.68. The molecular weight excluding hydrogens is 176 g/mol. The van der Waals surface area contributed by atoms with Gasteiger partial charge in [0.05, 0.1) is 0 Å². The van der Waals surface area contributed by atoms with Gasteiger partial charge < -0.3 is 9.59 Å². The fraction of sp³-hybridized carbons (Fsp3) is 0.833. The second-order valence-corrected chi connectivity index (χ2v) is 4.61. The van der Waals surface area contributed by atoms with Crippen molar-refractivity contribution in [2.75, 3.05) is 0 Å². The average molecular weight is 196 g/mol. The number of carbonyl (C=O) groups is 2. The van der Waals surface area contributed by atoms with E-state index in [4.69, 9.17) is 0 Å². The summed E-state index contributed by atoms with van der Waals surface area (Å²) in [6.45, 7) is 1.66. The molecule has 0 aliphatic heterocycles. The molecule has 0 aromatic carbocycles. The number of aldehydes is 1. The molecule has 0 N–H and O–H groups in total.